The first-order valence-electron chi connectivity index (χ1n) is 13.2. The zero-order valence-electron chi connectivity index (χ0n) is 22.1. The van der Waals surface area contributed by atoms with Crippen molar-refractivity contribution < 1.29 is 0 Å². The van der Waals surface area contributed by atoms with Gasteiger partial charge in [0.1, 0.15) is 0 Å². The summed E-state index contributed by atoms with van der Waals surface area (Å²) in [5.74, 6) is 2.31. The van der Waals surface area contributed by atoms with Gasteiger partial charge < -0.3 is 10.2 Å². The van der Waals surface area contributed by atoms with Gasteiger partial charge >= 0.3 is 0 Å². The minimum atomic E-state index is -0.126. The maximum absolute atomic E-state index is 5.31. The van der Waals surface area contributed by atoms with Crippen LogP contribution in [-0.2, 0) is 0 Å². The van der Waals surface area contributed by atoms with E-state index in [1.54, 1.807) is 0 Å². The van der Waals surface area contributed by atoms with Crippen LogP contribution in [0.1, 0.15) is 34.0 Å². The van der Waals surface area contributed by atoms with Gasteiger partial charge in [-0.1, -0.05) is 66.7 Å². The molecule has 190 valence electrons. The van der Waals surface area contributed by atoms with Crippen LogP contribution in [-0.4, -0.2) is 21.5 Å². The summed E-state index contributed by atoms with van der Waals surface area (Å²) in [5, 5.41) is 8.61. The molecule has 0 fully saturated rings. The highest BCUT2D eigenvalue weighted by Gasteiger charge is 2.41. The lowest BCUT2D eigenvalue weighted by Gasteiger charge is -2.40. The summed E-state index contributed by atoms with van der Waals surface area (Å²) in [4.78, 5) is 12.7. The van der Waals surface area contributed by atoms with Crippen molar-refractivity contribution in [3.63, 3.8) is 0 Å². The van der Waals surface area contributed by atoms with Gasteiger partial charge in [-0.25, -0.2) is 14.7 Å². The fourth-order valence-electron chi connectivity index (χ4n) is 5.45. The van der Waals surface area contributed by atoms with E-state index in [4.69, 9.17) is 15.1 Å². The normalized spacial score (nSPS) is 15.6. The lowest BCUT2D eigenvalue weighted by Crippen LogP contribution is -2.46. The number of benzene rings is 4. The number of hydrogen-bond donors (Lipinski definition) is 1. The number of amidine groups is 2. The Morgan fingerprint density at radius 2 is 1.44 bits per heavy atom. The number of fused-ring (bicyclic) bond motifs is 4. The molecule has 6 heteroatoms. The van der Waals surface area contributed by atoms with Gasteiger partial charge in [0.2, 0.25) is 0 Å². The molecule has 3 heterocycles. The molecule has 0 saturated heterocycles. The first-order chi connectivity index (χ1) is 19.1. The number of anilines is 2. The molecule has 6 nitrogen and oxygen atoms in total. The topological polar surface area (TPSA) is 57.8 Å². The molecule has 0 amide bonds. The van der Waals surface area contributed by atoms with Crippen LogP contribution in [0.3, 0.4) is 0 Å². The van der Waals surface area contributed by atoms with Gasteiger partial charge in [-0.05, 0) is 73.9 Å². The van der Waals surface area contributed by atoms with E-state index in [2.05, 4.69) is 110 Å². The first kappa shape index (κ1) is 23.2. The molecule has 2 aliphatic heterocycles. The van der Waals surface area contributed by atoms with Gasteiger partial charge in [-0.15, -0.1) is 0 Å². The predicted octanol–water partition coefficient (Wildman–Crippen LogP) is 7.59. The van der Waals surface area contributed by atoms with Crippen molar-refractivity contribution in [1.82, 2.24) is 9.78 Å². The number of aliphatic imine (C=N–C) groups is 2. The SMILES string of the molecule is Cc1ccc(NC2=Nc3ccccc3N3C2=Nc2c(c(C)nn2-c2ccccc2)C3c2ccccc2)cc1C. The summed E-state index contributed by atoms with van der Waals surface area (Å²) in [5.41, 5.74) is 9.57. The molecule has 0 saturated carbocycles. The van der Waals surface area contributed by atoms with Gasteiger partial charge in [0.25, 0.3) is 0 Å². The third-order valence-electron chi connectivity index (χ3n) is 7.52. The fourth-order valence-corrected chi connectivity index (χ4v) is 5.45. The Hall–Kier alpha value is -4.97. The Labute approximate surface area is 228 Å². The Kier molecular flexibility index (Phi) is 5.40. The molecule has 1 N–H and O–H groups in total. The molecule has 0 bridgehead atoms. The molecular formula is C33H28N6. The quantitative estimate of drug-likeness (QED) is 0.273. The first-order valence-corrected chi connectivity index (χ1v) is 13.2. The average molecular weight is 509 g/mol. The molecule has 1 unspecified atom stereocenters. The lowest BCUT2D eigenvalue weighted by atomic mass is 9.93. The van der Waals surface area contributed by atoms with Crippen molar-refractivity contribution in [1.29, 1.82) is 0 Å². The Balaban J connectivity index is 1.49. The molecule has 7 rings (SSSR count). The van der Waals surface area contributed by atoms with Crippen LogP contribution >= 0.6 is 0 Å². The number of nitrogens with zero attached hydrogens (tertiary/aromatic N) is 5. The number of aromatic nitrogens is 2. The fraction of sp³-hybridized carbons (Fsp3) is 0.121. The van der Waals surface area contributed by atoms with Crippen LogP contribution in [0.2, 0.25) is 0 Å². The van der Waals surface area contributed by atoms with E-state index in [0.717, 1.165) is 45.7 Å². The smallest absolute Gasteiger partial charge is 0.179 e. The van der Waals surface area contributed by atoms with Crippen LogP contribution in [0.25, 0.3) is 5.69 Å². The van der Waals surface area contributed by atoms with Crippen LogP contribution < -0.4 is 10.2 Å². The molecule has 39 heavy (non-hydrogen) atoms. The Morgan fingerprint density at radius 3 is 2.21 bits per heavy atom. The molecule has 0 spiro atoms. The summed E-state index contributed by atoms with van der Waals surface area (Å²) < 4.78 is 1.96. The highest BCUT2D eigenvalue weighted by atomic mass is 15.4. The summed E-state index contributed by atoms with van der Waals surface area (Å²) in [6.07, 6.45) is 0. The van der Waals surface area contributed by atoms with E-state index in [1.165, 1.54) is 16.7 Å². The second kappa shape index (κ2) is 9.10. The number of rotatable bonds is 3. The summed E-state index contributed by atoms with van der Waals surface area (Å²) in [6, 6.07) is 35.3. The molecule has 2 aliphatic rings. The Bertz CT molecular complexity index is 1770. The molecular weight excluding hydrogens is 480 g/mol. The van der Waals surface area contributed by atoms with Gasteiger partial charge in [0, 0.05) is 11.3 Å². The minimum Gasteiger partial charge on any atom is -0.337 e. The van der Waals surface area contributed by atoms with E-state index >= 15 is 0 Å². The Morgan fingerprint density at radius 1 is 0.718 bits per heavy atom. The zero-order valence-corrected chi connectivity index (χ0v) is 22.1. The number of para-hydroxylation sites is 3. The molecule has 1 atom stereocenters. The van der Waals surface area contributed by atoms with Crippen LogP contribution in [0.5, 0.6) is 0 Å². The van der Waals surface area contributed by atoms with Gasteiger partial charge in [0.05, 0.1) is 28.8 Å². The van der Waals surface area contributed by atoms with Crippen LogP contribution in [0, 0.1) is 20.8 Å². The van der Waals surface area contributed by atoms with E-state index in [1.807, 2.05) is 28.9 Å². The monoisotopic (exact) mass is 508 g/mol. The minimum absolute atomic E-state index is 0.126. The lowest BCUT2D eigenvalue weighted by molar-refractivity contribution is 0.815. The number of aryl methyl sites for hydroxylation is 3. The standard InChI is InChI=1S/C33H28N6/c1-21-18-19-25(20-22(21)2)34-31-33-36-32-29(23(3)37-39(32)26-14-8-5-9-15-26)30(24-12-6-4-7-13-24)38(33)28-17-11-10-16-27(28)35-31/h4-20,30H,1-3H3,(H,34,35). The largest absolute Gasteiger partial charge is 0.337 e. The van der Waals surface area contributed by atoms with E-state index in [9.17, 15) is 0 Å². The van der Waals surface area contributed by atoms with Crippen molar-refractivity contribution in [2.24, 2.45) is 9.98 Å². The third kappa shape index (κ3) is 3.84. The molecule has 1 aromatic heterocycles. The summed E-state index contributed by atoms with van der Waals surface area (Å²) >= 11 is 0. The third-order valence-corrected chi connectivity index (χ3v) is 7.52. The van der Waals surface area contributed by atoms with Gasteiger partial charge in [-0.2, -0.15) is 5.10 Å². The highest BCUT2D eigenvalue weighted by Crippen LogP contribution is 2.48. The van der Waals surface area contributed by atoms with Crippen LogP contribution in [0.15, 0.2) is 113 Å². The van der Waals surface area contributed by atoms with E-state index < -0.39 is 0 Å². The van der Waals surface area contributed by atoms with E-state index in [0.29, 0.717) is 5.84 Å². The van der Waals surface area contributed by atoms with Crippen molar-refractivity contribution >= 4 is 34.6 Å². The van der Waals surface area contributed by atoms with Crippen LogP contribution in [0.4, 0.5) is 22.9 Å². The molecule has 0 aliphatic carbocycles. The van der Waals surface area contributed by atoms with E-state index in [-0.39, 0.29) is 6.04 Å². The zero-order chi connectivity index (χ0) is 26.5. The highest BCUT2D eigenvalue weighted by molar-refractivity contribution is 6.51. The van der Waals surface area contributed by atoms with Gasteiger partial charge in [0.15, 0.2) is 17.5 Å². The summed E-state index contributed by atoms with van der Waals surface area (Å²) in [6.45, 7) is 6.33. The molecule has 4 aromatic carbocycles. The van der Waals surface area contributed by atoms with Crippen molar-refractivity contribution in [3.05, 3.63) is 131 Å². The summed E-state index contributed by atoms with van der Waals surface area (Å²) in [7, 11) is 0. The number of nitrogens with one attached hydrogen (secondary N) is 1. The second-order valence-electron chi connectivity index (χ2n) is 10.1. The molecule has 5 aromatic rings. The van der Waals surface area contributed by atoms with Crippen molar-refractivity contribution in [2.45, 2.75) is 26.8 Å². The average Bonchev–Trinajstić information content (AvgIpc) is 3.31. The van der Waals surface area contributed by atoms with Crippen molar-refractivity contribution in [2.75, 3.05) is 10.2 Å². The number of hydrogen-bond acceptors (Lipinski definition) is 5. The second-order valence-corrected chi connectivity index (χ2v) is 10.1. The molecule has 0 radical (unpaired) electrons. The maximum Gasteiger partial charge on any atom is 0.179 e. The van der Waals surface area contributed by atoms with Gasteiger partial charge in [-0.3, -0.25) is 0 Å². The maximum atomic E-state index is 5.31. The predicted molar refractivity (Wildman–Crippen MR) is 159 cm³/mol. The van der Waals surface area contributed by atoms with Crippen molar-refractivity contribution in [3.8, 4) is 5.69 Å².